The van der Waals surface area contributed by atoms with E-state index >= 15 is 0 Å². The molecule has 2 aromatic rings. The molecule has 1 aliphatic rings. The molecule has 1 aromatic heterocycles. The van der Waals surface area contributed by atoms with Crippen LogP contribution in [0, 0.1) is 16.6 Å². The Labute approximate surface area is 192 Å². The minimum Gasteiger partial charge on any atom is -0.482 e. The number of fused-ring (bicyclic) bond motifs is 3. The van der Waals surface area contributed by atoms with E-state index in [4.69, 9.17) is 26.0 Å². The van der Waals surface area contributed by atoms with Gasteiger partial charge in [0, 0.05) is 60.4 Å². The molecule has 1 atom stereocenters. The number of ether oxygens (including phenoxy) is 2. The second-order valence-electron chi connectivity index (χ2n) is 7.49. The summed E-state index contributed by atoms with van der Waals surface area (Å²) < 4.78 is 25.9. The van der Waals surface area contributed by atoms with Crippen molar-refractivity contribution in [3.63, 3.8) is 0 Å². The third kappa shape index (κ3) is 4.82. The van der Waals surface area contributed by atoms with Crippen molar-refractivity contribution in [1.82, 2.24) is 15.6 Å². The molecule has 0 aliphatic carbocycles. The van der Waals surface area contributed by atoms with Gasteiger partial charge in [-0.05, 0) is 43.7 Å². The zero-order valence-corrected chi connectivity index (χ0v) is 19.2. The predicted molar refractivity (Wildman–Crippen MR) is 128 cm³/mol. The number of anilines is 1. The van der Waals surface area contributed by atoms with E-state index in [0.717, 1.165) is 0 Å². The van der Waals surface area contributed by atoms with E-state index in [1.807, 2.05) is 6.92 Å². The molecule has 174 valence electrons. The molecule has 33 heavy (non-hydrogen) atoms. The van der Waals surface area contributed by atoms with Gasteiger partial charge in [-0.15, -0.1) is 0 Å². The van der Waals surface area contributed by atoms with Gasteiger partial charge in [0.25, 0.3) is 0 Å². The molecule has 0 fully saturated rings. The van der Waals surface area contributed by atoms with Crippen molar-refractivity contribution in [3.8, 4) is 5.75 Å². The number of hydrogen-bond donors (Lipinski definition) is 5. The number of aromatic nitrogens is 1. The van der Waals surface area contributed by atoms with E-state index in [-0.39, 0.29) is 18.0 Å². The Kier molecular flexibility index (Phi) is 7.32. The second kappa shape index (κ2) is 10.2. The first kappa shape index (κ1) is 23.8. The summed E-state index contributed by atoms with van der Waals surface area (Å²) in [5.41, 5.74) is 9.66. The molecule has 2 bridgehead atoms. The monoisotopic (exact) mass is 452 g/mol. The number of halogens is 1. The van der Waals surface area contributed by atoms with E-state index in [1.54, 1.807) is 32.3 Å². The third-order valence-electron chi connectivity index (χ3n) is 5.42. The minimum atomic E-state index is -0.620. The number of nitrogens with one attached hydrogen (secondary N) is 4. The van der Waals surface area contributed by atoms with Crippen molar-refractivity contribution >= 4 is 23.4 Å². The van der Waals surface area contributed by atoms with Gasteiger partial charge in [-0.1, -0.05) is 0 Å². The maximum Gasteiger partial charge on any atom is 0.191 e. The number of nitrogens with zero attached hydrogens (tertiary/aromatic N) is 1. The van der Waals surface area contributed by atoms with Gasteiger partial charge in [0.1, 0.15) is 11.9 Å². The molecule has 9 heteroatoms. The topological polar surface area (TPSA) is 129 Å². The summed E-state index contributed by atoms with van der Waals surface area (Å²) in [6.07, 6.45) is 2.44. The van der Waals surface area contributed by atoms with Crippen LogP contribution in [0.2, 0.25) is 0 Å². The molecule has 1 aliphatic heterocycles. The maximum atomic E-state index is 14.2. The van der Waals surface area contributed by atoms with Crippen LogP contribution >= 0.6 is 0 Å². The molecular formula is C24H29FN6O2. The van der Waals surface area contributed by atoms with E-state index in [9.17, 15) is 4.39 Å². The van der Waals surface area contributed by atoms with Crippen LogP contribution in [0.3, 0.4) is 0 Å². The van der Waals surface area contributed by atoms with Crippen LogP contribution in [0.5, 0.6) is 5.75 Å². The number of pyridine rings is 1. The van der Waals surface area contributed by atoms with Crippen LogP contribution < -0.4 is 21.1 Å². The summed E-state index contributed by atoms with van der Waals surface area (Å²) in [7, 11) is 3.20. The van der Waals surface area contributed by atoms with Crippen LogP contribution in [-0.4, -0.2) is 37.6 Å². The van der Waals surface area contributed by atoms with Gasteiger partial charge in [-0.25, -0.2) is 9.37 Å². The lowest BCUT2D eigenvalue weighted by molar-refractivity contribution is 0.227. The maximum absolute atomic E-state index is 14.2. The average Bonchev–Trinajstić information content (AvgIpc) is 2.81. The number of hydrogen-bond acceptors (Lipinski definition) is 8. The first-order chi connectivity index (χ1) is 15.8. The molecule has 2 heterocycles. The van der Waals surface area contributed by atoms with E-state index in [1.165, 1.54) is 25.5 Å². The molecule has 0 saturated heterocycles. The fourth-order valence-corrected chi connectivity index (χ4v) is 3.84. The molecule has 0 amide bonds. The normalized spacial score (nSPS) is 19.9. The van der Waals surface area contributed by atoms with Crippen LogP contribution in [0.4, 0.5) is 10.2 Å². The largest absolute Gasteiger partial charge is 0.482 e. The molecule has 3 rings (SSSR count). The number of allylic oxidation sites excluding steroid dienone is 2. The predicted octanol–water partition coefficient (Wildman–Crippen LogP) is 3.76. The average molecular weight is 453 g/mol. The third-order valence-corrected chi connectivity index (χ3v) is 5.42. The summed E-state index contributed by atoms with van der Waals surface area (Å²) in [6.45, 7) is 4.32. The molecule has 0 saturated carbocycles. The van der Waals surface area contributed by atoms with Crippen molar-refractivity contribution < 1.29 is 13.9 Å². The zero-order valence-electron chi connectivity index (χ0n) is 19.2. The number of benzene rings is 1. The highest BCUT2D eigenvalue weighted by Crippen LogP contribution is 2.34. The lowest BCUT2D eigenvalue weighted by Crippen LogP contribution is -2.22. The Morgan fingerprint density at radius 2 is 2.15 bits per heavy atom. The number of nitrogens with two attached hydrogens (primary N) is 1. The molecule has 0 radical (unpaired) electrons. The number of rotatable bonds is 5. The molecule has 0 unspecified atom stereocenters. The first-order valence-corrected chi connectivity index (χ1v) is 10.6. The zero-order chi connectivity index (χ0) is 24.1. The number of nitrogen functional groups attached to an aromatic ring is 1. The summed E-state index contributed by atoms with van der Waals surface area (Å²) in [4.78, 5) is 4.28. The van der Waals surface area contributed by atoms with Crippen molar-refractivity contribution in [2.45, 2.75) is 26.4 Å². The van der Waals surface area contributed by atoms with Gasteiger partial charge in [0.05, 0.1) is 12.8 Å². The highest BCUT2D eigenvalue weighted by molar-refractivity contribution is 6.13. The lowest BCUT2D eigenvalue weighted by Gasteiger charge is -2.24. The minimum absolute atomic E-state index is 0.136. The number of methoxy groups -OCH3 is 1. The van der Waals surface area contributed by atoms with Gasteiger partial charge >= 0.3 is 0 Å². The Morgan fingerprint density at radius 1 is 1.39 bits per heavy atom. The Hall–Kier alpha value is -3.88. The highest BCUT2D eigenvalue weighted by Gasteiger charge is 2.25. The summed E-state index contributed by atoms with van der Waals surface area (Å²) in [6, 6.07) is 5.97. The highest BCUT2D eigenvalue weighted by atomic mass is 19.1. The van der Waals surface area contributed by atoms with Crippen LogP contribution in [-0.2, 0) is 4.74 Å². The van der Waals surface area contributed by atoms with Gasteiger partial charge in [0.2, 0.25) is 0 Å². The summed E-state index contributed by atoms with van der Waals surface area (Å²) >= 11 is 0. The van der Waals surface area contributed by atoms with Crippen molar-refractivity contribution in [2.75, 3.05) is 26.4 Å². The smallest absolute Gasteiger partial charge is 0.191 e. The standard InChI is InChI=1S/C24H29FN6O2/c1-5-30-22-14(11-26)8-19(24(29-3)32-4)21(27)17-7-6-16(25)10-18(17)13(2)33-20-9-15(22)12-31-23(20)28/h6-7,9-13,26-27,29-30H,5,8H2,1-4H3,(H2,28,31)/b22-14-,24-19+,26-11?,27-21?/t13-/m1/s1. The fraction of sp³-hybridized carbons (Fsp3) is 0.292. The van der Waals surface area contributed by atoms with Gasteiger partial charge in [-0.2, -0.15) is 0 Å². The quantitative estimate of drug-likeness (QED) is 0.347. The first-order valence-electron chi connectivity index (χ1n) is 10.6. The molecule has 6 N–H and O–H groups in total. The van der Waals surface area contributed by atoms with E-state index in [2.05, 4.69) is 15.6 Å². The fourth-order valence-electron chi connectivity index (χ4n) is 3.84. The van der Waals surface area contributed by atoms with Crippen molar-refractivity contribution in [1.29, 1.82) is 10.8 Å². The Bertz CT molecular complexity index is 1140. The Balaban J connectivity index is 2.38. The SMILES string of the molecule is CCN/C1=C(\C=N)C/C(=C(/NC)OC)C(=N)c2ccc(F)cc2[C@@H](C)Oc2cc1cnc2N. The van der Waals surface area contributed by atoms with Gasteiger partial charge in [0.15, 0.2) is 17.5 Å². The molecular weight excluding hydrogens is 423 g/mol. The summed E-state index contributed by atoms with van der Waals surface area (Å²) in [5.74, 6) is 0.475. The van der Waals surface area contributed by atoms with E-state index < -0.39 is 11.9 Å². The van der Waals surface area contributed by atoms with E-state index in [0.29, 0.717) is 51.7 Å². The van der Waals surface area contributed by atoms with Gasteiger partial charge in [-0.3, -0.25) is 5.41 Å². The Morgan fingerprint density at radius 3 is 2.79 bits per heavy atom. The van der Waals surface area contributed by atoms with Crippen LogP contribution in [0.1, 0.15) is 43.1 Å². The second-order valence-corrected chi connectivity index (χ2v) is 7.49. The van der Waals surface area contributed by atoms with Gasteiger partial charge < -0.3 is 31.3 Å². The summed E-state index contributed by atoms with van der Waals surface area (Å²) in [5, 5.41) is 23.4. The van der Waals surface area contributed by atoms with Crippen LogP contribution in [0.25, 0.3) is 5.70 Å². The molecule has 1 aromatic carbocycles. The lowest BCUT2D eigenvalue weighted by atomic mass is 9.90. The molecule has 0 spiro atoms. The van der Waals surface area contributed by atoms with Crippen LogP contribution in [0.15, 0.2) is 47.5 Å². The molecule has 8 nitrogen and oxygen atoms in total. The van der Waals surface area contributed by atoms with Crippen molar-refractivity contribution in [3.05, 3.63) is 70.0 Å². The van der Waals surface area contributed by atoms with Crippen molar-refractivity contribution in [2.24, 2.45) is 0 Å².